The zero-order valence-corrected chi connectivity index (χ0v) is 14.6. The molecule has 26 heavy (non-hydrogen) atoms. The van der Waals surface area contributed by atoms with Gasteiger partial charge in [-0.15, -0.1) is 0 Å². The lowest BCUT2D eigenvalue weighted by molar-refractivity contribution is -0.0753. The number of carbonyl (C=O) groups excluding carboxylic acids is 1. The second kappa shape index (κ2) is 6.73. The Morgan fingerprint density at radius 3 is 2.42 bits per heavy atom. The summed E-state index contributed by atoms with van der Waals surface area (Å²) in [5.74, 6) is 0. The van der Waals surface area contributed by atoms with Crippen molar-refractivity contribution in [2.75, 3.05) is 6.54 Å². The van der Waals surface area contributed by atoms with Gasteiger partial charge in [0.25, 0.3) is 0 Å². The average Bonchev–Trinajstić information content (AvgIpc) is 3.33. The van der Waals surface area contributed by atoms with Gasteiger partial charge in [0.05, 0.1) is 0 Å². The molecule has 1 aromatic carbocycles. The van der Waals surface area contributed by atoms with E-state index >= 15 is 0 Å². The van der Waals surface area contributed by atoms with Crippen molar-refractivity contribution in [2.24, 2.45) is 5.41 Å². The van der Waals surface area contributed by atoms with Crippen molar-refractivity contribution in [1.82, 2.24) is 4.90 Å². The van der Waals surface area contributed by atoms with E-state index in [-0.39, 0.29) is 25.0 Å². The number of halogens is 3. The number of hydrogen-bond acceptors (Lipinski definition) is 5. The predicted molar refractivity (Wildman–Crippen MR) is 84.1 cm³/mol. The predicted octanol–water partition coefficient (Wildman–Crippen LogP) is 3.39. The lowest BCUT2D eigenvalue weighted by Crippen LogP contribution is -2.50. The third-order valence-corrected chi connectivity index (χ3v) is 5.74. The summed E-state index contributed by atoms with van der Waals surface area (Å²) in [5.41, 5.74) is -4.99. The molecule has 0 aromatic heterocycles. The quantitative estimate of drug-likeness (QED) is 0.579. The van der Waals surface area contributed by atoms with Gasteiger partial charge in [0.15, 0.2) is 6.23 Å². The van der Waals surface area contributed by atoms with Crippen molar-refractivity contribution in [3.05, 3.63) is 35.9 Å². The SMILES string of the molecule is O=C(OCc1ccccc1)N1CC2(CCC1OS(=O)(=O)C(F)(F)F)CC2. The molecule has 2 fully saturated rings. The number of benzene rings is 1. The lowest BCUT2D eigenvalue weighted by Gasteiger charge is -2.38. The molecule has 6 nitrogen and oxygen atoms in total. The molecule has 2 aliphatic rings. The summed E-state index contributed by atoms with van der Waals surface area (Å²) >= 11 is 0. The largest absolute Gasteiger partial charge is 0.523 e. The fourth-order valence-corrected chi connectivity index (χ4v) is 3.60. The molecular formula is C16H18F3NO5S. The molecule has 0 bridgehead atoms. The van der Waals surface area contributed by atoms with Gasteiger partial charge in [-0.05, 0) is 36.7 Å². The number of hydrogen-bond donors (Lipinski definition) is 0. The average molecular weight is 393 g/mol. The molecule has 1 aromatic rings. The second-order valence-electron chi connectivity index (χ2n) is 6.66. The van der Waals surface area contributed by atoms with Crippen LogP contribution in [0.2, 0.25) is 0 Å². The van der Waals surface area contributed by atoms with E-state index in [0.717, 1.165) is 17.7 Å². The first-order valence-electron chi connectivity index (χ1n) is 8.09. The van der Waals surface area contributed by atoms with E-state index in [1.165, 1.54) is 0 Å². The van der Waals surface area contributed by atoms with Gasteiger partial charge in [-0.2, -0.15) is 21.6 Å². The molecule has 144 valence electrons. The molecule has 0 N–H and O–H groups in total. The molecule has 0 radical (unpaired) electrons. The summed E-state index contributed by atoms with van der Waals surface area (Å²) in [5, 5.41) is 0. The van der Waals surface area contributed by atoms with Crippen LogP contribution in [0.25, 0.3) is 0 Å². The molecule has 10 heteroatoms. The molecule has 1 aliphatic heterocycles. The number of rotatable bonds is 4. The van der Waals surface area contributed by atoms with Crippen molar-refractivity contribution in [3.63, 3.8) is 0 Å². The van der Waals surface area contributed by atoms with Gasteiger partial charge < -0.3 is 4.74 Å². The Balaban J connectivity index is 1.70. The van der Waals surface area contributed by atoms with Gasteiger partial charge in [0.1, 0.15) is 6.61 Å². The van der Waals surface area contributed by atoms with Gasteiger partial charge >= 0.3 is 21.7 Å². The van der Waals surface area contributed by atoms with Gasteiger partial charge in [-0.25, -0.2) is 8.98 Å². The Bertz CT molecular complexity index is 762. The molecule has 1 saturated carbocycles. The summed E-state index contributed by atoms with van der Waals surface area (Å²) in [4.78, 5) is 13.3. The van der Waals surface area contributed by atoms with E-state index in [2.05, 4.69) is 4.18 Å². The van der Waals surface area contributed by atoms with Gasteiger partial charge in [0.2, 0.25) is 0 Å². The van der Waals surface area contributed by atoms with Crippen LogP contribution in [0.3, 0.4) is 0 Å². The number of likely N-dealkylation sites (tertiary alicyclic amines) is 1. The van der Waals surface area contributed by atoms with E-state index in [1.54, 1.807) is 30.3 Å². The summed E-state index contributed by atoms with van der Waals surface area (Å²) < 4.78 is 69.9. The maximum absolute atomic E-state index is 12.6. The Hall–Kier alpha value is -1.81. The van der Waals surface area contributed by atoms with E-state index in [0.29, 0.717) is 12.0 Å². The zero-order valence-electron chi connectivity index (χ0n) is 13.7. The first-order chi connectivity index (χ1) is 12.1. The van der Waals surface area contributed by atoms with E-state index < -0.39 is 27.9 Å². The van der Waals surface area contributed by atoms with Crippen molar-refractivity contribution in [1.29, 1.82) is 0 Å². The van der Waals surface area contributed by atoms with Crippen molar-refractivity contribution in [3.8, 4) is 0 Å². The Morgan fingerprint density at radius 2 is 1.85 bits per heavy atom. The molecular weight excluding hydrogens is 375 g/mol. The second-order valence-corrected chi connectivity index (χ2v) is 8.22. The molecule has 1 unspecified atom stereocenters. The van der Waals surface area contributed by atoms with Crippen LogP contribution in [0.1, 0.15) is 31.2 Å². The summed E-state index contributed by atoms with van der Waals surface area (Å²) in [6.45, 7) is 0.0561. The fourth-order valence-electron chi connectivity index (χ4n) is 3.00. The van der Waals surface area contributed by atoms with Crippen LogP contribution in [0.15, 0.2) is 30.3 Å². The highest BCUT2D eigenvalue weighted by Crippen LogP contribution is 2.53. The van der Waals surface area contributed by atoms with Gasteiger partial charge in [-0.3, -0.25) is 4.90 Å². The van der Waals surface area contributed by atoms with Crippen molar-refractivity contribution in [2.45, 2.75) is 44.0 Å². The Morgan fingerprint density at radius 1 is 1.19 bits per heavy atom. The molecule has 1 amide bonds. The summed E-state index contributed by atoms with van der Waals surface area (Å²) in [6, 6.07) is 8.76. The molecule has 1 saturated heterocycles. The first kappa shape index (κ1) is 19.0. The number of piperidine rings is 1. The minimum absolute atomic E-state index is 0.00967. The smallest absolute Gasteiger partial charge is 0.444 e. The molecule has 3 rings (SSSR count). The highest BCUT2D eigenvalue weighted by atomic mass is 32.2. The van der Waals surface area contributed by atoms with Crippen LogP contribution in [0.4, 0.5) is 18.0 Å². The highest BCUT2D eigenvalue weighted by Gasteiger charge is 2.54. The zero-order chi connectivity index (χ0) is 19.0. The molecule has 1 atom stereocenters. The Labute approximate surface area is 149 Å². The van der Waals surface area contributed by atoms with E-state index in [9.17, 15) is 26.4 Å². The molecule has 1 heterocycles. The summed E-state index contributed by atoms with van der Waals surface area (Å²) in [7, 11) is -5.80. The Kier molecular flexibility index (Phi) is 4.91. The van der Waals surface area contributed by atoms with Crippen LogP contribution in [-0.2, 0) is 25.6 Å². The third-order valence-electron chi connectivity index (χ3n) is 4.69. The van der Waals surface area contributed by atoms with Crippen LogP contribution < -0.4 is 0 Å². The van der Waals surface area contributed by atoms with E-state index in [1.807, 2.05) is 0 Å². The standard InChI is InChI=1S/C16H18F3NO5S/c17-16(18,19)26(22,23)25-13-6-7-15(8-9-15)11-20(13)14(21)24-10-12-4-2-1-3-5-12/h1-5,13H,6-11H2. The van der Waals surface area contributed by atoms with E-state index in [4.69, 9.17) is 4.74 Å². The first-order valence-corrected chi connectivity index (χ1v) is 9.50. The van der Waals surface area contributed by atoms with Crippen molar-refractivity contribution < 1.29 is 35.3 Å². The fraction of sp³-hybridized carbons (Fsp3) is 0.562. The highest BCUT2D eigenvalue weighted by molar-refractivity contribution is 7.87. The molecule has 1 spiro atoms. The summed E-state index contributed by atoms with van der Waals surface area (Å²) in [6.07, 6.45) is -0.204. The normalized spacial score (nSPS) is 22.3. The van der Waals surface area contributed by atoms with Crippen LogP contribution in [-0.4, -0.2) is 37.7 Å². The number of ether oxygens (including phenoxy) is 1. The van der Waals surface area contributed by atoms with Crippen molar-refractivity contribution >= 4 is 16.2 Å². The maximum atomic E-state index is 12.6. The monoisotopic (exact) mass is 393 g/mol. The number of alkyl halides is 3. The van der Waals surface area contributed by atoms with Crippen LogP contribution in [0.5, 0.6) is 0 Å². The number of amides is 1. The van der Waals surface area contributed by atoms with Crippen LogP contribution in [0, 0.1) is 5.41 Å². The minimum atomic E-state index is -5.80. The van der Waals surface area contributed by atoms with Gasteiger partial charge in [-0.1, -0.05) is 30.3 Å². The van der Waals surface area contributed by atoms with Gasteiger partial charge in [0, 0.05) is 6.54 Å². The van der Waals surface area contributed by atoms with Crippen LogP contribution >= 0.6 is 0 Å². The number of carbonyl (C=O) groups is 1. The minimum Gasteiger partial charge on any atom is -0.444 e. The molecule has 1 aliphatic carbocycles. The lowest BCUT2D eigenvalue weighted by atomic mass is 9.94. The topological polar surface area (TPSA) is 72.9 Å². The number of nitrogens with zero attached hydrogens (tertiary/aromatic N) is 1. The third kappa shape index (κ3) is 4.12. The maximum Gasteiger partial charge on any atom is 0.523 e.